The third-order valence-electron chi connectivity index (χ3n) is 9.78. The van der Waals surface area contributed by atoms with E-state index < -0.39 is 5.82 Å². The molecule has 2 aliphatic rings. The van der Waals surface area contributed by atoms with Gasteiger partial charge in [-0.2, -0.15) is 0 Å². The highest BCUT2D eigenvalue weighted by atomic mass is 32.1. The van der Waals surface area contributed by atoms with Gasteiger partial charge in [-0.25, -0.2) is 9.37 Å². The van der Waals surface area contributed by atoms with Gasteiger partial charge in [0.1, 0.15) is 10.7 Å². The van der Waals surface area contributed by atoms with Crippen LogP contribution >= 0.6 is 11.3 Å². The number of hydrogen-bond donors (Lipinski definition) is 4. The van der Waals surface area contributed by atoms with Crippen LogP contribution in [0.25, 0.3) is 32.2 Å². The summed E-state index contributed by atoms with van der Waals surface area (Å²) in [6.07, 6.45) is 3.36. The number of pyridine rings is 1. The Kier molecular flexibility index (Phi) is 9.68. The average Bonchev–Trinajstić information content (AvgIpc) is 3.46. The van der Waals surface area contributed by atoms with Crippen LogP contribution < -0.4 is 26.2 Å². The largest absolute Gasteiger partial charge is 0.381 e. The van der Waals surface area contributed by atoms with E-state index in [4.69, 9.17) is 4.98 Å². The molecule has 10 nitrogen and oxygen atoms in total. The number of piperidine rings is 1. The Balaban J connectivity index is 0.999. The van der Waals surface area contributed by atoms with E-state index in [0.717, 1.165) is 64.8 Å². The van der Waals surface area contributed by atoms with E-state index in [1.54, 1.807) is 18.2 Å². The fraction of sp³-hybridized carbons (Fsp3) is 0.308. The van der Waals surface area contributed by atoms with Gasteiger partial charge in [0.05, 0.1) is 22.8 Å². The van der Waals surface area contributed by atoms with Gasteiger partial charge in [0.2, 0.25) is 12.3 Å². The highest BCUT2D eigenvalue weighted by Gasteiger charge is 2.26. The first-order chi connectivity index (χ1) is 24.7. The van der Waals surface area contributed by atoms with Crippen molar-refractivity contribution in [2.45, 2.75) is 57.5 Å². The second-order valence-electron chi connectivity index (χ2n) is 13.3. The molecule has 2 aliphatic heterocycles. The number of thiophene rings is 1. The zero-order valence-corrected chi connectivity index (χ0v) is 29.2. The maximum Gasteiger partial charge on any atom is 0.263 e. The summed E-state index contributed by atoms with van der Waals surface area (Å²) in [6.45, 7) is 6.04. The molecule has 0 spiro atoms. The lowest BCUT2D eigenvalue weighted by Gasteiger charge is -2.34. The summed E-state index contributed by atoms with van der Waals surface area (Å²) in [5, 5.41) is 13.6. The number of fused-ring (bicyclic) bond motifs is 5. The van der Waals surface area contributed by atoms with E-state index in [0.29, 0.717) is 41.0 Å². The van der Waals surface area contributed by atoms with Gasteiger partial charge in [0, 0.05) is 64.0 Å². The molecule has 12 heteroatoms. The van der Waals surface area contributed by atoms with Crippen LogP contribution in [-0.4, -0.2) is 60.8 Å². The van der Waals surface area contributed by atoms with Crippen LogP contribution in [0, 0.1) is 5.82 Å². The number of imide groups is 1. The number of nitrogens with one attached hydrogen (secondary N) is 4. The Morgan fingerprint density at radius 3 is 2.59 bits per heavy atom. The summed E-state index contributed by atoms with van der Waals surface area (Å²) < 4.78 is 16.5. The zero-order chi connectivity index (χ0) is 35.6. The third-order valence-corrected chi connectivity index (χ3v) is 10.9. The van der Waals surface area contributed by atoms with Gasteiger partial charge in [-0.3, -0.25) is 24.5 Å². The summed E-state index contributed by atoms with van der Waals surface area (Å²) in [5.74, 6) is -1.62. The summed E-state index contributed by atoms with van der Waals surface area (Å²) in [7, 11) is 0. The Morgan fingerprint density at radius 2 is 1.86 bits per heavy atom. The van der Waals surface area contributed by atoms with E-state index in [9.17, 15) is 19.2 Å². The molecule has 0 saturated carbocycles. The highest BCUT2D eigenvalue weighted by Crippen LogP contribution is 2.41. The standard InChI is InChI=1S/C39H39FN6O4S/c1-3-4-27(38(49)42-21-47)23-5-8-26(9-6-23)46-17-15-25(16-18-46)44-37(48)24-7-10-28(30(40)19-24)31-12-11-29-32(45-31)13-14-33-34(29)35-36(51-33)39(50)43-22(2)20-41-35/h5-14,19,21-22,25,27,41H,3-4,15-18,20H2,1-2H3,(H,43,50)(H,44,48)(H,42,47,49)/t22-,27?/m1/s1. The van der Waals surface area contributed by atoms with Gasteiger partial charge in [-0.15, -0.1) is 11.3 Å². The summed E-state index contributed by atoms with van der Waals surface area (Å²) in [5.41, 5.74) is 4.39. The van der Waals surface area contributed by atoms with Crippen molar-refractivity contribution in [3.05, 3.63) is 88.6 Å². The summed E-state index contributed by atoms with van der Waals surface area (Å²) in [6, 6.07) is 19.8. The van der Waals surface area contributed by atoms with Crippen molar-refractivity contribution >= 4 is 67.8 Å². The van der Waals surface area contributed by atoms with Gasteiger partial charge in [-0.05, 0) is 86.3 Å². The number of benzene rings is 3. The van der Waals surface area contributed by atoms with Crippen molar-refractivity contribution < 1.29 is 23.6 Å². The van der Waals surface area contributed by atoms with Crippen molar-refractivity contribution in [1.82, 2.24) is 20.9 Å². The smallest absolute Gasteiger partial charge is 0.263 e. The van der Waals surface area contributed by atoms with Crippen LogP contribution in [0.15, 0.2) is 66.7 Å². The molecular formula is C39H39FN6O4S. The van der Waals surface area contributed by atoms with Gasteiger partial charge < -0.3 is 20.9 Å². The molecule has 1 unspecified atom stereocenters. The maximum absolute atomic E-state index is 15.6. The molecular weight excluding hydrogens is 668 g/mol. The molecule has 1 saturated heterocycles. The average molecular weight is 707 g/mol. The molecule has 4 heterocycles. The van der Waals surface area contributed by atoms with Crippen molar-refractivity contribution in [2.75, 3.05) is 29.9 Å². The minimum absolute atomic E-state index is 0.00130. The van der Waals surface area contributed by atoms with E-state index in [-0.39, 0.29) is 41.3 Å². The molecule has 0 radical (unpaired) electrons. The van der Waals surface area contributed by atoms with Crippen molar-refractivity contribution in [2.24, 2.45) is 0 Å². The molecule has 7 rings (SSSR count). The molecule has 4 N–H and O–H groups in total. The normalized spacial score (nSPS) is 16.9. The number of rotatable bonds is 9. The number of carbonyl (C=O) groups is 4. The Hall–Kier alpha value is -5.36. The van der Waals surface area contributed by atoms with Crippen LogP contribution in [0.4, 0.5) is 15.8 Å². The SMILES string of the molecule is CCCC(C(=O)NC=O)c1ccc(N2CCC(NC(=O)c3ccc(-c4ccc5c(ccc6sc7c(c65)NC[C@@H](C)NC7=O)n4)c(F)c3)CC2)cc1. The van der Waals surface area contributed by atoms with Crippen molar-refractivity contribution in [3.8, 4) is 11.3 Å². The van der Waals surface area contributed by atoms with Crippen LogP contribution in [0.1, 0.15) is 71.0 Å². The van der Waals surface area contributed by atoms with Crippen LogP contribution in [0.5, 0.6) is 0 Å². The lowest BCUT2D eigenvalue weighted by atomic mass is 9.93. The second-order valence-corrected chi connectivity index (χ2v) is 14.3. The van der Waals surface area contributed by atoms with Crippen LogP contribution in [-0.2, 0) is 9.59 Å². The molecule has 262 valence electrons. The molecule has 5 aromatic rings. The minimum Gasteiger partial charge on any atom is -0.381 e. The predicted octanol–water partition coefficient (Wildman–Crippen LogP) is 6.35. The molecule has 0 bridgehead atoms. The Morgan fingerprint density at radius 1 is 1.08 bits per heavy atom. The topological polar surface area (TPSA) is 133 Å². The van der Waals surface area contributed by atoms with Crippen LogP contribution in [0.2, 0.25) is 0 Å². The number of anilines is 2. The number of aromatic nitrogens is 1. The number of nitrogens with zero attached hydrogens (tertiary/aromatic N) is 2. The Labute approximate surface area is 298 Å². The quantitative estimate of drug-likeness (QED) is 0.131. The first-order valence-electron chi connectivity index (χ1n) is 17.3. The molecule has 51 heavy (non-hydrogen) atoms. The monoisotopic (exact) mass is 706 g/mol. The van der Waals surface area contributed by atoms with E-state index >= 15 is 4.39 Å². The molecule has 1 fully saturated rings. The zero-order valence-electron chi connectivity index (χ0n) is 28.4. The van der Waals surface area contributed by atoms with Crippen molar-refractivity contribution in [1.29, 1.82) is 0 Å². The van der Waals surface area contributed by atoms with Crippen molar-refractivity contribution in [3.63, 3.8) is 0 Å². The number of carbonyl (C=O) groups excluding carboxylic acids is 4. The predicted molar refractivity (Wildman–Crippen MR) is 199 cm³/mol. The second kappa shape index (κ2) is 14.5. The molecule has 0 aliphatic carbocycles. The first kappa shape index (κ1) is 34.1. The Bertz CT molecular complexity index is 2140. The van der Waals surface area contributed by atoms with Gasteiger partial charge in [0.25, 0.3) is 11.8 Å². The third kappa shape index (κ3) is 6.88. The first-order valence-corrected chi connectivity index (χ1v) is 18.2. The fourth-order valence-electron chi connectivity index (χ4n) is 7.10. The van der Waals surface area contributed by atoms with E-state index in [1.165, 1.54) is 17.4 Å². The number of halogens is 1. The van der Waals surface area contributed by atoms with E-state index in [2.05, 4.69) is 26.2 Å². The lowest BCUT2D eigenvalue weighted by Crippen LogP contribution is -2.44. The molecule has 3 aromatic carbocycles. The number of amides is 4. The number of hydrogen-bond acceptors (Lipinski definition) is 8. The lowest BCUT2D eigenvalue weighted by molar-refractivity contribution is -0.126. The summed E-state index contributed by atoms with van der Waals surface area (Å²) >= 11 is 1.44. The van der Waals surface area contributed by atoms with Gasteiger partial charge in [-0.1, -0.05) is 25.5 Å². The minimum atomic E-state index is -0.532. The molecule has 2 aromatic heterocycles. The molecule has 2 atom stereocenters. The highest BCUT2D eigenvalue weighted by molar-refractivity contribution is 7.21. The van der Waals surface area contributed by atoms with E-state index in [1.807, 2.05) is 56.3 Å². The fourth-order valence-corrected chi connectivity index (χ4v) is 8.20. The van der Waals surface area contributed by atoms with Gasteiger partial charge in [0.15, 0.2) is 0 Å². The van der Waals surface area contributed by atoms with Crippen LogP contribution in [0.3, 0.4) is 0 Å². The molecule has 4 amide bonds. The maximum atomic E-state index is 15.6. The summed E-state index contributed by atoms with van der Waals surface area (Å²) in [4.78, 5) is 56.8. The van der Waals surface area contributed by atoms with Gasteiger partial charge >= 0.3 is 0 Å².